The fourth-order valence-corrected chi connectivity index (χ4v) is 2.30. The molecule has 0 radical (unpaired) electrons. The number of hydrogen-bond acceptors (Lipinski definition) is 4. The Labute approximate surface area is 149 Å². The van der Waals surface area contributed by atoms with Crippen LogP contribution in [0, 0.1) is 6.92 Å². The van der Waals surface area contributed by atoms with Gasteiger partial charge in [0, 0.05) is 10.7 Å². The number of aryl methyl sites for hydroxylation is 1. The minimum atomic E-state index is -1.03. The molecule has 3 N–H and O–H groups in total. The number of carbonyl (C=O) groups is 2. The van der Waals surface area contributed by atoms with E-state index in [1.165, 1.54) is 13.0 Å². The molecule has 24 heavy (non-hydrogen) atoms. The van der Waals surface area contributed by atoms with Gasteiger partial charge in [-0.05, 0) is 43.7 Å². The van der Waals surface area contributed by atoms with E-state index in [4.69, 9.17) is 33.7 Å². The van der Waals surface area contributed by atoms with E-state index in [9.17, 15) is 9.59 Å². The molecule has 5 nitrogen and oxygen atoms in total. The maximum absolute atomic E-state index is 12.2. The highest BCUT2D eigenvalue weighted by molar-refractivity contribution is 6.35. The molecule has 126 valence electrons. The summed E-state index contributed by atoms with van der Waals surface area (Å²) in [6.45, 7) is 3.24. The normalized spacial score (nSPS) is 11.7. The Morgan fingerprint density at radius 3 is 2.62 bits per heavy atom. The molecule has 0 aliphatic rings. The molecule has 1 amide bonds. The number of ether oxygens (including phenoxy) is 1. The van der Waals surface area contributed by atoms with E-state index in [1.54, 1.807) is 37.3 Å². The third-order valence-corrected chi connectivity index (χ3v) is 3.95. The van der Waals surface area contributed by atoms with E-state index in [2.05, 4.69) is 5.32 Å². The van der Waals surface area contributed by atoms with Crippen molar-refractivity contribution in [1.29, 1.82) is 0 Å². The summed E-state index contributed by atoms with van der Waals surface area (Å²) in [5, 5.41) is 3.32. The standard InChI is InChI=1S/C17H16Cl2N2O3/c1-9-4-3-5-12(15(9)20)17(23)24-10(2)16(22)21-14-8-11(18)6-7-13(14)19/h3-8,10H,20H2,1-2H3,(H,21,22)/t10-/m0/s1. The van der Waals surface area contributed by atoms with Crippen LogP contribution in [0.25, 0.3) is 0 Å². The second-order valence-electron chi connectivity index (χ2n) is 5.20. The largest absolute Gasteiger partial charge is 0.449 e. The molecule has 0 unspecified atom stereocenters. The number of nitrogens with two attached hydrogens (primary N) is 1. The van der Waals surface area contributed by atoms with Crippen LogP contribution in [0.3, 0.4) is 0 Å². The second-order valence-corrected chi connectivity index (χ2v) is 6.04. The molecule has 2 rings (SSSR count). The molecule has 0 spiro atoms. The minimum Gasteiger partial charge on any atom is -0.449 e. The molecule has 2 aromatic rings. The quantitative estimate of drug-likeness (QED) is 0.631. The lowest BCUT2D eigenvalue weighted by molar-refractivity contribution is -0.123. The van der Waals surface area contributed by atoms with E-state index in [-0.39, 0.29) is 5.56 Å². The van der Waals surface area contributed by atoms with Crippen molar-refractivity contribution in [2.75, 3.05) is 11.1 Å². The Hall–Kier alpha value is -2.24. The summed E-state index contributed by atoms with van der Waals surface area (Å²) in [6.07, 6.45) is -1.03. The van der Waals surface area contributed by atoms with Crippen molar-refractivity contribution in [1.82, 2.24) is 0 Å². The molecule has 1 atom stereocenters. The summed E-state index contributed by atoms with van der Waals surface area (Å²) in [5.41, 5.74) is 7.50. The van der Waals surface area contributed by atoms with Crippen molar-refractivity contribution in [3.63, 3.8) is 0 Å². The van der Waals surface area contributed by atoms with E-state index in [0.717, 1.165) is 5.56 Å². The van der Waals surface area contributed by atoms with Gasteiger partial charge in [0.15, 0.2) is 6.10 Å². The number of rotatable bonds is 4. The van der Waals surface area contributed by atoms with Crippen LogP contribution in [0.15, 0.2) is 36.4 Å². The van der Waals surface area contributed by atoms with Crippen LogP contribution in [0.1, 0.15) is 22.8 Å². The number of halogens is 2. The lowest BCUT2D eigenvalue weighted by Gasteiger charge is -2.15. The number of amides is 1. The molecule has 0 saturated carbocycles. The third-order valence-electron chi connectivity index (χ3n) is 3.38. The van der Waals surface area contributed by atoms with Gasteiger partial charge >= 0.3 is 5.97 Å². The van der Waals surface area contributed by atoms with Gasteiger partial charge in [-0.25, -0.2) is 4.79 Å². The first-order valence-electron chi connectivity index (χ1n) is 7.11. The molecule has 0 fully saturated rings. The van der Waals surface area contributed by atoms with Crippen molar-refractivity contribution in [3.05, 3.63) is 57.6 Å². The fraction of sp³-hybridized carbons (Fsp3) is 0.176. The Morgan fingerprint density at radius 1 is 1.21 bits per heavy atom. The molecule has 0 aliphatic heterocycles. The Bertz CT molecular complexity index is 793. The predicted octanol–water partition coefficient (Wildman–Crippen LogP) is 4.07. The van der Waals surface area contributed by atoms with E-state index in [0.29, 0.717) is 21.4 Å². The molecule has 0 aromatic heterocycles. The zero-order valence-corrected chi connectivity index (χ0v) is 14.6. The van der Waals surface area contributed by atoms with Crippen molar-refractivity contribution >= 4 is 46.5 Å². The van der Waals surface area contributed by atoms with Gasteiger partial charge in [0.2, 0.25) is 0 Å². The van der Waals surface area contributed by atoms with Crippen molar-refractivity contribution < 1.29 is 14.3 Å². The number of benzene rings is 2. The second kappa shape index (κ2) is 7.55. The first-order chi connectivity index (χ1) is 11.3. The van der Waals surface area contributed by atoms with Crippen molar-refractivity contribution in [2.45, 2.75) is 20.0 Å². The molecule has 7 heteroatoms. The van der Waals surface area contributed by atoms with Crippen molar-refractivity contribution in [2.24, 2.45) is 0 Å². The predicted molar refractivity (Wildman–Crippen MR) is 95.6 cm³/mol. The van der Waals surface area contributed by atoms with Crippen LogP contribution in [-0.2, 0) is 9.53 Å². The van der Waals surface area contributed by atoms with Crippen LogP contribution >= 0.6 is 23.2 Å². The molecular weight excluding hydrogens is 351 g/mol. The van der Waals surface area contributed by atoms with Gasteiger partial charge in [-0.3, -0.25) is 4.79 Å². The molecule has 0 saturated heterocycles. The Kier molecular flexibility index (Phi) is 5.70. The first kappa shape index (κ1) is 18.1. The van der Waals surface area contributed by atoms with Gasteiger partial charge in [-0.1, -0.05) is 35.3 Å². The Morgan fingerprint density at radius 2 is 1.92 bits per heavy atom. The topological polar surface area (TPSA) is 81.4 Å². The molecule has 0 aliphatic carbocycles. The number of anilines is 2. The summed E-state index contributed by atoms with van der Waals surface area (Å²) >= 11 is 11.9. The number of nitrogens with one attached hydrogen (secondary N) is 1. The summed E-state index contributed by atoms with van der Waals surface area (Å²) in [7, 11) is 0. The van der Waals surface area contributed by atoms with Gasteiger partial charge in [-0.2, -0.15) is 0 Å². The minimum absolute atomic E-state index is 0.218. The van der Waals surface area contributed by atoms with E-state index < -0.39 is 18.0 Å². The summed E-state index contributed by atoms with van der Waals surface area (Å²) in [5.74, 6) is -1.20. The number of esters is 1. The van der Waals surface area contributed by atoms with E-state index in [1.807, 2.05) is 0 Å². The fourth-order valence-electron chi connectivity index (χ4n) is 1.96. The average molecular weight is 367 g/mol. The van der Waals surface area contributed by atoms with Crippen LogP contribution in [0.5, 0.6) is 0 Å². The highest BCUT2D eigenvalue weighted by atomic mass is 35.5. The van der Waals surface area contributed by atoms with Crippen LogP contribution in [0.4, 0.5) is 11.4 Å². The van der Waals surface area contributed by atoms with Crippen LogP contribution < -0.4 is 11.1 Å². The average Bonchev–Trinajstić information content (AvgIpc) is 2.53. The molecule has 0 heterocycles. The summed E-state index contributed by atoms with van der Waals surface area (Å²) < 4.78 is 5.17. The van der Waals surface area contributed by atoms with Crippen molar-refractivity contribution in [3.8, 4) is 0 Å². The van der Waals surface area contributed by atoms with E-state index >= 15 is 0 Å². The first-order valence-corrected chi connectivity index (χ1v) is 7.87. The van der Waals surface area contributed by atoms with Gasteiger partial charge in [0.05, 0.1) is 16.3 Å². The molecule has 2 aromatic carbocycles. The molecule has 0 bridgehead atoms. The highest BCUT2D eigenvalue weighted by Crippen LogP contribution is 2.25. The number of hydrogen-bond donors (Lipinski definition) is 2. The zero-order chi connectivity index (χ0) is 17.9. The maximum atomic E-state index is 12.2. The van der Waals surface area contributed by atoms with Gasteiger partial charge in [0.25, 0.3) is 5.91 Å². The zero-order valence-electron chi connectivity index (χ0n) is 13.1. The lowest BCUT2D eigenvalue weighted by atomic mass is 10.1. The monoisotopic (exact) mass is 366 g/mol. The smallest absolute Gasteiger partial charge is 0.341 e. The van der Waals surface area contributed by atoms with Crippen LogP contribution in [-0.4, -0.2) is 18.0 Å². The van der Waals surface area contributed by atoms with Crippen LogP contribution in [0.2, 0.25) is 10.0 Å². The number of para-hydroxylation sites is 1. The SMILES string of the molecule is Cc1cccc(C(=O)O[C@@H](C)C(=O)Nc2cc(Cl)ccc2Cl)c1N. The third kappa shape index (κ3) is 4.19. The number of carbonyl (C=O) groups excluding carboxylic acids is 2. The van der Waals surface area contributed by atoms with Gasteiger partial charge in [-0.15, -0.1) is 0 Å². The van der Waals surface area contributed by atoms with Gasteiger partial charge in [0.1, 0.15) is 0 Å². The maximum Gasteiger partial charge on any atom is 0.341 e. The lowest BCUT2D eigenvalue weighted by Crippen LogP contribution is -2.30. The summed E-state index contributed by atoms with van der Waals surface area (Å²) in [6, 6.07) is 9.69. The number of nitrogen functional groups attached to an aromatic ring is 1. The molecular formula is C17H16Cl2N2O3. The van der Waals surface area contributed by atoms with Gasteiger partial charge < -0.3 is 15.8 Å². The summed E-state index contributed by atoms with van der Waals surface area (Å²) in [4.78, 5) is 24.4. The highest BCUT2D eigenvalue weighted by Gasteiger charge is 2.21. The Balaban J connectivity index is 2.07.